The van der Waals surface area contributed by atoms with Crippen LogP contribution in [0.2, 0.25) is 0 Å². The Hall–Kier alpha value is -0.0800. The predicted octanol–water partition coefficient (Wildman–Crippen LogP) is 2.72. The van der Waals surface area contributed by atoms with Crippen molar-refractivity contribution in [3.8, 4) is 0 Å². The van der Waals surface area contributed by atoms with Crippen LogP contribution < -0.4 is 5.32 Å². The summed E-state index contributed by atoms with van der Waals surface area (Å²) in [6, 6.07) is 0.718. The molecule has 15 heavy (non-hydrogen) atoms. The molecule has 0 radical (unpaired) electrons. The highest BCUT2D eigenvalue weighted by molar-refractivity contribution is 4.77. The lowest BCUT2D eigenvalue weighted by Gasteiger charge is -2.30. The van der Waals surface area contributed by atoms with Gasteiger partial charge in [0.25, 0.3) is 0 Å². The molecule has 1 N–H and O–H groups in total. The first-order valence-electron chi connectivity index (χ1n) is 6.69. The van der Waals surface area contributed by atoms with E-state index in [1.807, 2.05) is 0 Å². The van der Waals surface area contributed by atoms with Crippen LogP contribution in [0.1, 0.15) is 51.9 Å². The van der Waals surface area contributed by atoms with Gasteiger partial charge in [0.15, 0.2) is 0 Å². The maximum absolute atomic E-state index is 5.56. The van der Waals surface area contributed by atoms with Gasteiger partial charge in [0.1, 0.15) is 0 Å². The molecule has 1 aliphatic carbocycles. The third-order valence-electron chi connectivity index (χ3n) is 3.91. The van der Waals surface area contributed by atoms with E-state index in [9.17, 15) is 0 Å². The standard InChI is InChI=1S/C13H25NO/c1-11-9-13(7-8-15-11)14-10-12-5-3-2-4-6-12/h11-14H,2-10H2,1H3. The minimum Gasteiger partial charge on any atom is -0.378 e. The van der Waals surface area contributed by atoms with Crippen LogP contribution in [0.15, 0.2) is 0 Å². The van der Waals surface area contributed by atoms with Crippen LogP contribution in [0.3, 0.4) is 0 Å². The van der Waals surface area contributed by atoms with E-state index < -0.39 is 0 Å². The second-order valence-corrected chi connectivity index (χ2v) is 5.31. The van der Waals surface area contributed by atoms with Gasteiger partial charge < -0.3 is 10.1 Å². The number of ether oxygens (including phenoxy) is 1. The SMILES string of the molecule is CC1CC(NCC2CCCCC2)CCO1. The zero-order chi connectivity index (χ0) is 10.5. The summed E-state index contributed by atoms with van der Waals surface area (Å²) in [4.78, 5) is 0. The summed E-state index contributed by atoms with van der Waals surface area (Å²) in [5, 5.41) is 3.74. The quantitative estimate of drug-likeness (QED) is 0.775. The first-order valence-corrected chi connectivity index (χ1v) is 6.69. The molecule has 2 heteroatoms. The molecule has 2 rings (SSSR count). The summed E-state index contributed by atoms with van der Waals surface area (Å²) >= 11 is 0. The first kappa shape index (κ1) is 11.4. The molecule has 1 aliphatic heterocycles. The fraction of sp³-hybridized carbons (Fsp3) is 1.00. The van der Waals surface area contributed by atoms with Crippen LogP contribution in [0.25, 0.3) is 0 Å². The van der Waals surface area contributed by atoms with Crippen molar-refractivity contribution in [3.63, 3.8) is 0 Å². The molecule has 2 unspecified atom stereocenters. The predicted molar refractivity (Wildman–Crippen MR) is 63.0 cm³/mol. The van der Waals surface area contributed by atoms with Crippen LogP contribution in [-0.2, 0) is 4.74 Å². The van der Waals surface area contributed by atoms with Crippen LogP contribution in [0.4, 0.5) is 0 Å². The Morgan fingerprint density at radius 3 is 2.67 bits per heavy atom. The van der Waals surface area contributed by atoms with E-state index in [1.54, 1.807) is 0 Å². The molecular weight excluding hydrogens is 186 g/mol. The van der Waals surface area contributed by atoms with Crippen molar-refractivity contribution in [1.29, 1.82) is 0 Å². The van der Waals surface area contributed by atoms with Crippen LogP contribution in [-0.4, -0.2) is 25.3 Å². The Bertz CT molecular complexity index is 177. The Balaban J connectivity index is 1.63. The van der Waals surface area contributed by atoms with Gasteiger partial charge in [0.05, 0.1) is 6.10 Å². The summed E-state index contributed by atoms with van der Waals surface area (Å²) in [5.41, 5.74) is 0. The van der Waals surface area contributed by atoms with Crippen molar-refractivity contribution in [2.45, 2.75) is 64.0 Å². The van der Waals surface area contributed by atoms with Crippen molar-refractivity contribution in [3.05, 3.63) is 0 Å². The monoisotopic (exact) mass is 211 g/mol. The highest BCUT2D eigenvalue weighted by atomic mass is 16.5. The second-order valence-electron chi connectivity index (χ2n) is 5.31. The third kappa shape index (κ3) is 3.76. The van der Waals surface area contributed by atoms with Gasteiger partial charge >= 0.3 is 0 Å². The summed E-state index contributed by atoms with van der Waals surface area (Å²) < 4.78 is 5.56. The van der Waals surface area contributed by atoms with Gasteiger partial charge in [-0.05, 0) is 45.1 Å². The molecule has 0 spiro atoms. The van der Waals surface area contributed by atoms with Crippen molar-refractivity contribution >= 4 is 0 Å². The lowest BCUT2D eigenvalue weighted by atomic mass is 9.89. The molecule has 88 valence electrons. The van der Waals surface area contributed by atoms with Gasteiger partial charge in [0.2, 0.25) is 0 Å². The van der Waals surface area contributed by atoms with E-state index in [4.69, 9.17) is 4.74 Å². The Labute approximate surface area is 93.8 Å². The zero-order valence-electron chi connectivity index (χ0n) is 10.0. The molecule has 1 saturated heterocycles. The van der Waals surface area contributed by atoms with Gasteiger partial charge in [0, 0.05) is 12.6 Å². The molecule has 0 bridgehead atoms. The number of hydrogen-bond donors (Lipinski definition) is 1. The average molecular weight is 211 g/mol. The van der Waals surface area contributed by atoms with E-state index in [0.717, 1.165) is 18.6 Å². The molecule has 0 aromatic heterocycles. The van der Waals surface area contributed by atoms with E-state index in [-0.39, 0.29) is 0 Å². The van der Waals surface area contributed by atoms with Crippen LogP contribution in [0, 0.1) is 5.92 Å². The van der Waals surface area contributed by atoms with Gasteiger partial charge in [-0.3, -0.25) is 0 Å². The van der Waals surface area contributed by atoms with Gasteiger partial charge in [-0.15, -0.1) is 0 Å². The highest BCUT2D eigenvalue weighted by Gasteiger charge is 2.20. The van der Waals surface area contributed by atoms with Crippen molar-refractivity contribution < 1.29 is 4.74 Å². The minimum atomic E-state index is 0.461. The molecule has 2 nitrogen and oxygen atoms in total. The summed E-state index contributed by atoms with van der Waals surface area (Å²) in [6.07, 6.45) is 10.1. The Kier molecular flexibility index (Phi) is 4.45. The Morgan fingerprint density at radius 1 is 1.13 bits per heavy atom. The van der Waals surface area contributed by atoms with E-state index in [1.165, 1.54) is 51.5 Å². The zero-order valence-corrected chi connectivity index (χ0v) is 10.0. The molecule has 1 heterocycles. The van der Waals surface area contributed by atoms with Crippen molar-refractivity contribution in [2.75, 3.05) is 13.2 Å². The molecule has 2 atom stereocenters. The van der Waals surface area contributed by atoms with E-state index in [0.29, 0.717) is 6.10 Å². The fourth-order valence-corrected chi connectivity index (χ4v) is 2.91. The lowest BCUT2D eigenvalue weighted by Crippen LogP contribution is -2.40. The van der Waals surface area contributed by atoms with Crippen molar-refractivity contribution in [2.24, 2.45) is 5.92 Å². The summed E-state index contributed by atoms with van der Waals surface area (Å²) in [6.45, 7) is 4.38. The minimum absolute atomic E-state index is 0.461. The summed E-state index contributed by atoms with van der Waals surface area (Å²) in [7, 11) is 0. The molecule has 0 aromatic rings. The number of rotatable bonds is 3. The van der Waals surface area contributed by atoms with Crippen molar-refractivity contribution in [1.82, 2.24) is 5.32 Å². The first-order chi connectivity index (χ1) is 7.34. The fourth-order valence-electron chi connectivity index (χ4n) is 2.91. The molecule has 0 amide bonds. The Morgan fingerprint density at radius 2 is 1.93 bits per heavy atom. The van der Waals surface area contributed by atoms with Crippen LogP contribution in [0.5, 0.6) is 0 Å². The topological polar surface area (TPSA) is 21.3 Å². The summed E-state index contributed by atoms with van der Waals surface area (Å²) in [5.74, 6) is 0.955. The molecule has 2 fully saturated rings. The van der Waals surface area contributed by atoms with Gasteiger partial charge in [-0.25, -0.2) is 0 Å². The van der Waals surface area contributed by atoms with Crippen LogP contribution >= 0.6 is 0 Å². The van der Waals surface area contributed by atoms with Gasteiger partial charge in [-0.2, -0.15) is 0 Å². The third-order valence-corrected chi connectivity index (χ3v) is 3.91. The lowest BCUT2D eigenvalue weighted by molar-refractivity contribution is 0.0124. The van der Waals surface area contributed by atoms with E-state index in [2.05, 4.69) is 12.2 Å². The normalized spacial score (nSPS) is 34.2. The number of hydrogen-bond acceptors (Lipinski definition) is 2. The molecule has 2 aliphatic rings. The molecular formula is C13H25NO. The molecule has 1 saturated carbocycles. The molecule has 0 aromatic carbocycles. The highest BCUT2D eigenvalue weighted by Crippen LogP contribution is 2.23. The smallest absolute Gasteiger partial charge is 0.0561 e. The largest absolute Gasteiger partial charge is 0.378 e. The second kappa shape index (κ2) is 5.86. The average Bonchev–Trinajstić information content (AvgIpc) is 2.28. The maximum atomic E-state index is 5.56. The van der Waals surface area contributed by atoms with Gasteiger partial charge in [-0.1, -0.05) is 19.3 Å². The number of nitrogens with one attached hydrogen (secondary N) is 1. The maximum Gasteiger partial charge on any atom is 0.0561 e. The van der Waals surface area contributed by atoms with E-state index >= 15 is 0 Å².